The minimum absolute atomic E-state index is 0.0709. The Hall–Kier alpha value is -0.261. The van der Waals surface area contributed by atoms with Crippen LogP contribution >= 0.6 is 0 Å². The second-order valence-electron chi connectivity index (χ2n) is 15.6. The maximum Gasteiger partial charge on any atom is 0.0414 e. The zero-order valence-electron chi connectivity index (χ0n) is 34.3. The first-order valence-corrected chi connectivity index (χ1v) is 25.8. The van der Waals surface area contributed by atoms with Crippen molar-refractivity contribution in [3.8, 4) is 0 Å². The van der Waals surface area contributed by atoms with Crippen molar-refractivity contribution in [1.82, 2.24) is 0 Å². The summed E-state index contributed by atoms with van der Waals surface area (Å²) in [6.45, 7) is 13.9. The van der Waals surface area contributed by atoms with Gasteiger partial charge in [0.1, 0.15) is 0 Å². The Balaban J connectivity index is -0.000000695. The monoisotopic (exact) mass is 801 g/mol. The van der Waals surface area contributed by atoms with E-state index in [1.165, 1.54) is 167 Å². The van der Waals surface area contributed by atoms with Gasteiger partial charge in [-0.15, -0.1) is 0 Å². The van der Waals surface area contributed by atoms with Gasteiger partial charge in [-0.3, -0.25) is 0 Å². The quantitative estimate of drug-likeness (QED) is 0.0467. The Morgan fingerprint density at radius 1 is 0.367 bits per heavy atom. The fourth-order valence-electron chi connectivity index (χ4n) is 5.94. The summed E-state index contributed by atoms with van der Waals surface area (Å²) < 4.78 is 3.14. The van der Waals surface area contributed by atoms with Crippen LogP contribution in [0.25, 0.3) is 0 Å². The van der Waals surface area contributed by atoms with Gasteiger partial charge in [-0.25, -0.2) is 0 Å². The van der Waals surface area contributed by atoms with Gasteiger partial charge >= 0.3 is 69.5 Å². The number of carbonyl (C=O) groups is 2. The van der Waals surface area contributed by atoms with E-state index in [-0.39, 0.29) is 34.0 Å². The van der Waals surface area contributed by atoms with Crippen LogP contribution in [0.1, 0.15) is 247 Å². The molecule has 0 spiro atoms. The molecule has 0 amide bonds. The average molecular weight is 800 g/mol. The number of rotatable bonds is 36. The molecule has 0 fully saturated rings. The predicted molar refractivity (Wildman–Crippen MR) is 214 cm³/mol. The van der Waals surface area contributed by atoms with Gasteiger partial charge in [-0.1, -0.05) is 194 Å². The predicted octanol–water partition coefficient (Wildman–Crippen LogP) is 12.8. The molecule has 0 atom stereocenters. The molecule has 0 radical (unpaired) electrons. The van der Waals surface area contributed by atoms with E-state index in [1.807, 2.05) is 0 Å². The molecule has 0 heterocycles. The molecule has 0 N–H and O–H groups in total. The minimum atomic E-state index is -0.903. The molecule has 0 aromatic rings. The molecule has 0 bridgehead atoms. The van der Waals surface area contributed by atoms with Crippen molar-refractivity contribution in [2.24, 2.45) is 11.8 Å². The fraction of sp³-hybridized carbons (Fsp3) is 0.955. The van der Waals surface area contributed by atoms with Crippen molar-refractivity contribution in [1.29, 1.82) is 0 Å². The van der Waals surface area contributed by atoms with Crippen LogP contribution in [0.15, 0.2) is 0 Å². The molecular weight excluding hydrogens is 711 g/mol. The summed E-state index contributed by atoms with van der Waals surface area (Å²) in [5.74, 6) is 0.130. The molecule has 0 saturated heterocycles. The van der Waals surface area contributed by atoms with Crippen LogP contribution < -0.4 is 10.2 Å². The van der Waals surface area contributed by atoms with Gasteiger partial charge in [0.2, 0.25) is 0 Å². The first-order chi connectivity index (χ1) is 23.7. The minimum Gasteiger partial charge on any atom is -0.550 e. The summed E-state index contributed by atoms with van der Waals surface area (Å²) in [4.78, 5) is 20.4. The molecule has 0 unspecified atom stereocenters. The summed E-state index contributed by atoms with van der Waals surface area (Å²) in [6.07, 6.45) is 39.7. The zero-order chi connectivity index (χ0) is 37.1. The number of unbranched alkanes of at least 4 members (excludes halogenated alkanes) is 28. The molecule has 0 aromatic heterocycles. The van der Waals surface area contributed by atoms with Crippen molar-refractivity contribution in [2.75, 3.05) is 0 Å². The van der Waals surface area contributed by atoms with E-state index in [2.05, 4.69) is 41.5 Å². The molecule has 4 nitrogen and oxygen atoms in total. The van der Waals surface area contributed by atoms with Crippen LogP contribution in [0.3, 0.4) is 0 Å². The van der Waals surface area contributed by atoms with Crippen LogP contribution in [0.5, 0.6) is 0 Å². The maximum absolute atomic E-state index is 10.2. The molecule has 5 heteroatoms. The number of carbonyl (C=O) groups excluding carboxylic acids is 2. The molecule has 292 valence electrons. The van der Waals surface area contributed by atoms with Crippen LogP contribution in [0.4, 0.5) is 0 Å². The van der Waals surface area contributed by atoms with E-state index < -0.39 is 11.9 Å². The van der Waals surface area contributed by atoms with E-state index in [4.69, 9.17) is 0 Å². The van der Waals surface area contributed by atoms with E-state index in [0.717, 1.165) is 37.5 Å². The van der Waals surface area contributed by atoms with Gasteiger partial charge < -0.3 is 19.8 Å². The topological polar surface area (TPSA) is 80.3 Å². The second-order valence-corrected chi connectivity index (χ2v) is 19.3. The number of aliphatic carboxylic acids is 2. The molecule has 0 aliphatic rings. The number of carboxylic acids is 2. The van der Waals surface area contributed by atoms with Crippen LogP contribution in [0.2, 0.25) is 8.87 Å². The van der Waals surface area contributed by atoms with Gasteiger partial charge in [0.15, 0.2) is 0 Å². The summed E-state index contributed by atoms with van der Waals surface area (Å²) in [7, 11) is 0. The Bertz CT molecular complexity index is 570. The molecule has 0 rings (SSSR count). The Kier molecular flexibility index (Phi) is 51.7. The summed E-state index contributed by atoms with van der Waals surface area (Å²) in [6, 6.07) is 0. The molecule has 0 saturated carbocycles. The molecular formula is C44H88O4Sn. The largest absolute Gasteiger partial charge is 0.550 e. The van der Waals surface area contributed by atoms with E-state index in [1.54, 1.807) is 8.87 Å². The third-order valence-electron chi connectivity index (χ3n) is 9.07. The van der Waals surface area contributed by atoms with E-state index in [0.29, 0.717) is 0 Å². The molecule has 0 aromatic carbocycles. The second kappa shape index (κ2) is 47.7. The summed E-state index contributed by atoms with van der Waals surface area (Å²) >= 11 is 0.0709. The number of hydrogen-bond acceptors (Lipinski definition) is 4. The summed E-state index contributed by atoms with van der Waals surface area (Å²) in [5, 5.41) is 20.4. The molecule has 0 aliphatic carbocycles. The maximum atomic E-state index is 10.2. The standard InChI is InChI=1S/2C18H36O2.2C4H9.Sn/c2*1-2-3-4-5-6-7-8-9-10-11-12-13-14-15-16-17-18(19)20;2*1-4(2)3;/h2*2-17H2,1H3,(H,19,20);2*4H,1H2,2-3H3;/q;;;;+2/p-2. The Morgan fingerprint density at radius 2 is 0.551 bits per heavy atom. The zero-order valence-corrected chi connectivity index (χ0v) is 37.2. The van der Waals surface area contributed by atoms with Gasteiger partial charge in [-0.2, -0.15) is 0 Å². The van der Waals surface area contributed by atoms with Gasteiger partial charge in [0, 0.05) is 11.9 Å². The van der Waals surface area contributed by atoms with E-state index in [9.17, 15) is 19.8 Å². The van der Waals surface area contributed by atoms with Gasteiger partial charge in [0.05, 0.1) is 0 Å². The molecule has 0 aliphatic heterocycles. The van der Waals surface area contributed by atoms with Gasteiger partial charge in [-0.05, 0) is 25.7 Å². The van der Waals surface area contributed by atoms with Gasteiger partial charge in [0.25, 0.3) is 0 Å². The van der Waals surface area contributed by atoms with Crippen molar-refractivity contribution >= 4 is 33.1 Å². The first kappa shape index (κ1) is 53.1. The fourth-order valence-corrected chi connectivity index (χ4v) is 9.71. The Morgan fingerprint density at radius 3 is 0.714 bits per heavy atom. The third kappa shape index (κ3) is 63.2. The smallest absolute Gasteiger partial charge is 0.0414 e. The van der Waals surface area contributed by atoms with Crippen LogP contribution in [-0.2, 0) is 9.59 Å². The number of hydrogen-bond donors (Lipinski definition) is 0. The summed E-state index contributed by atoms with van der Waals surface area (Å²) in [5.41, 5.74) is 0. The van der Waals surface area contributed by atoms with Crippen molar-refractivity contribution in [3.05, 3.63) is 0 Å². The third-order valence-corrected chi connectivity index (χ3v) is 15.4. The van der Waals surface area contributed by atoms with Crippen molar-refractivity contribution < 1.29 is 19.8 Å². The van der Waals surface area contributed by atoms with Crippen molar-refractivity contribution in [3.63, 3.8) is 0 Å². The molecule has 49 heavy (non-hydrogen) atoms. The van der Waals surface area contributed by atoms with E-state index >= 15 is 0 Å². The Labute approximate surface area is 319 Å². The normalized spacial score (nSPS) is 10.8. The first-order valence-electron chi connectivity index (χ1n) is 21.8. The average Bonchev–Trinajstić information content (AvgIpc) is 3.04. The number of carboxylic acid groups (broad SMARTS) is 2. The van der Waals surface area contributed by atoms with Crippen LogP contribution in [0, 0.1) is 11.8 Å². The van der Waals surface area contributed by atoms with Crippen LogP contribution in [-0.4, -0.2) is 33.1 Å². The SMILES string of the molecule is CC(C)[CH2][Sn+2][CH2]C(C)C.CCCCCCCCCCCCCCCCCC(=O)[O-].CCCCCCCCCCCCCCCCCC(=O)[O-]. The van der Waals surface area contributed by atoms with Crippen molar-refractivity contribution in [2.45, 2.75) is 256 Å².